The second-order valence-corrected chi connectivity index (χ2v) is 26.5. The number of benzene rings is 4. The molecule has 0 radical (unpaired) electrons. The number of carbonyl (C=O) groups excluding carboxylic acids is 5. The molecule has 4 heterocycles. The molecule has 0 fully saturated rings. The van der Waals surface area contributed by atoms with E-state index in [9.17, 15) is 102 Å². The lowest BCUT2D eigenvalue weighted by molar-refractivity contribution is 0.101. The van der Waals surface area contributed by atoms with Gasteiger partial charge in [0, 0.05) is 74.5 Å². The molecule has 0 bridgehead atoms. The highest BCUT2D eigenvalue weighted by molar-refractivity contribution is 7.88. The van der Waals surface area contributed by atoms with Crippen molar-refractivity contribution in [1.82, 2.24) is 18.3 Å². The monoisotopic (exact) mass is 1280 g/mol. The fourth-order valence-electron chi connectivity index (χ4n) is 8.43. The minimum absolute atomic E-state index is 0.00830. The molecule has 0 unspecified atom stereocenters. The number of fused-ring (bicyclic) bond motifs is 2. The first-order valence-electron chi connectivity index (χ1n) is 22.7. The molecule has 444 valence electrons. The molecular formula is C45H40N10O23S6. The lowest BCUT2D eigenvalue weighted by atomic mass is 10.1. The Balaban J connectivity index is 0.928. The topological polar surface area (TPSA) is 503 Å². The summed E-state index contributed by atoms with van der Waals surface area (Å²) >= 11 is 0. The lowest BCUT2D eigenvalue weighted by Crippen LogP contribution is -2.22. The second-order valence-electron chi connectivity index (χ2n) is 18.1. The number of anilines is 6. The Morgan fingerprint density at radius 3 is 0.857 bits per heavy atom. The molecule has 8 rings (SSSR count). The van der Waals surface area contributed by atoms with E-state index < -0.39 is 153 Å². The highest BCUT2D eigenvalue weighted by Gasteiger charge is 2.30. The number of amides is 6. The summed E-state index contributed by atoms with van der Waals surface area (Å²) in [6.45, 7) is 0. The number of urea groups is 1. The highest BCUT2D eigenvalue weighted by atomic mass is 32.2. The average molecular weight is 1280 g/mol. The molecule has 4 aromatic carbocycles. The average Bonchev–Trinajstić information content (AvgIpc) is 1.44. The van der Waals surface area contributed by atoms with Crippen molar-refractivity contribution in [3.05, 3.63) is 120 Å². The molecule has 84 heavy (non-hydrogen) atoms. The number of aromatic nitrogens is 4. The second kappa shape index (κ2) is 21.4. The van der Waals surface area contributed by atoms with Gasteiger partial charge in [0.2, 0.25) is 0 Å². The van der Waals surface area contributed by atoms with Crippen LogP contribution in [0.3, 0.4) is 0 Å². The smallest absolute Gasteiger partial charge is 0.325 e. The van der Waals surface area contributed by atoms with Crippen LogP contribution in [0.2, 0.25) is 0 Å². The molecule has 0 saturated heterocycles. The maximum Gasteiger partial charge on any atom is 0.325 e. The van der Waals surface area contributed by atoms with Crippen LogP contribution in [0.4, 0.5) is 39.4 Å². The van der Waals surface area contributed by atoms with E-state index in [1.807, 2.05) is 0 Å². The Hall–Kier alpha value is -8.87. The van der Waals surface area contributed by atoms with Crippen LogP contribution in [0.5, 0.6) is 0 Å². The molecule has 0 atom stereocenters. The molecule has 33 nitrogen and oxygen atoms in total. The lowest BCUT2D eigenvalue weighted by Gasteiger charge is -2.15. The van der Waals surface area contributed by atoms with Crippen molar-refractivity contribution in [3.63, 3.8) is 0 Å². The minimum atomic E-state index is -5.44. The predicted molar refractivity (Wildman–Crippen MR) is 293 cm³/mol. The zero-order chi connectivity index (χ0) is 62.3. The summed E-state index contributed by atoms with van der Waals surface area (Å²) in [7, 11) is -26.1. The fraction of sp³-hybridized carbons (Fsp3) is 0.0889. The van der Waals surface area contributed by atoms with Crippen molar-refractivity contribution in [1.29, 1.82) is 0 Å². The van der Waals surface area contributed by atoms with E-state index in [1.54, 1.807) is 0 Å². The van der Waals surface area contributed by atoms with Crippen molar-refractivity contribution in [2.45, 2.75) is 29.4 Å². The maximum atomic E-state index is 13.6. The molecule has 6 amide bonds. The van der Waals surface area contributed by atoms with Crippen LogP contribution in [-0.4, -0.2) is 126 Å². The van der Waals surface area contributed by atoms with E-state index in [2.05, 4.69) is 31.9 Å². The van der Waals surface area contributed by atoms with E-state index in [-0.39, 0.29) is 45.5 Å². The minimum Gasteiger partial charge on any atom is -0.337 e. The zero-order valence-electron chi connectivity index (χ0n) is 42.6. The summed E-state index contributed by atoms with van der Waals surface area (Å²) in [5, 5.41) is 11.6. The van der Waals surface area contributed by atoms with E-state index in [4.69, 9.17) is 0 Å². The Labute approximate surface area is 473 Å². The summed E-state index contributed by atoms with van der Waals surface area (Å²) in [5.74, 6) is -3.48. The normalized spacial score (nSPS) is 12.5. The van der Waals surface area contributed by atoms with Crippen LogP contribution in [0.1, 0.15) is 41.4 Å². The van der Waals surface area contributed by atoms with Gasteiger partial charge in [0.05, 0.1) is 43.4 Å². The first-order valence-corrected chi connectivity index (χ1v) is 31.3. The van der Waals surface area contributed by atoms with Crippen molar-refractivity contribution in [3.8, 4) is 0 Å². The molecule has 4 aromatic heterocycles. The highest BCUT2D eigenvalue weighted by Crippen LogP contribution is 2.39. The van der Waals surface area contributed by atoms with Crippen LogP contribution >= 0.6 is 0 Å². The number of aryl methyl sites for hydroxylation is 4. The van der Waals surface area contributed by atoms with E-state index in [0.717, 1.165) is 24.3 Å². The van der Waals surface area contributed by atoms with Gasteiger partial charge in [0.1, 0.15) is 42.9 Å². The van der Waals surface area contributed by atoms with E-state index >= 15 is 0 Å². The van der Waals surface area contributed by atoms with Crippen LogP contribution < -0.4 is 31.9 Å². The number of carbonyl (C=O) groups is 5. The summed E-state index contributed by atoms with van der Waals surface area (Å²) in [5.41, 5.74) is -1.52. The van der Waals surface area contributed by atoms with Crippen molar-refractivity contribution in [2.75, 3.05) is 31.9 Å². The Morgan fingerprint density at radius 2 is 0.595 bits per heavy atom. The summed E-state index contributed by atoms with van der Waals surface area (Å²) in [6, 6.07) is 8.59. The molecule has 0 aliphatic heterocycles. The zero-order valence-corrected chi connectivity index (χ0v) is 47.5. The predicted octanol–water partition coefficient (Wildman–Crippen LogP) is 3.48. The SMILES string of the molecule is Cn1cc(C(=O)Nc2cc(C(=O)Nc3ccc(S(=O)(=O)O)c4cc(S(=O)(=O)O)cc(S(=O)(=O)O)c34)cn2C)cc1NC(=O)Nc1cc(C(=O)Nc2cc(C(=O)Nc3ccc(S(=O)(=O)O)c4cc(S(=O)(=O)O)cc(S(=O)(=O)O)c34)cn2C)cn1C. The molecule has 39 heteroatoms. The Kier molecular flexibility index (Phi) is 15.6. The summed E-state index contributed by atoms with van der Waals surface area (Å²) in [6.07, 6.45) is 5.06. The summed E-state index contributed by atoms with van der Waals surface area (Å²) < 4.78 is 211. The van der Waals surface area contributed by atoms with Gasteiger partial charge in [-0.05, 0) is 72.8 Å². The van der Waals surface area contributed by atoms with Gasteiger partial charge in [-0.1, -0.05) is 0 Å². The molecule has 12 N–H and O–H groups in total. The number of rotatable bonds is 16. The standard InChI is InChI=1S/C45H40N10O23S6/c1-52-17-21(41(56)46-29-5-7-31(81(67,68)69)27-13-25(79(61,62)63)15-33(39(27)29)83(73,74)75)9-35(52)48-43(58)23-11-37(54(3)19-23)50-45(60)51-38-12-24(20-55(38)4)44(59)49-36-10-22(18-53(36)2)42(57)47-30-6-8-32(82(70,71)72)28-14-26(80(64,65)66)16-34(40(28)30)84(76,77)78/h5-20H,1-4H3,(H,46,56)(H,47,57)(H,48,58)(H,49,59)(H2,50,51,60)(H,61,62,63)(H,64,65,66)(H,67,68,69)(H,70,71,72)(H,73,74,75)(H,76,77,78). The molecular weight excluding hydrogens is 1240 g/mol. The third-order valence-corrected chi connectivity index (χ3v) is 17.5. The van der Waals surface area contributed by atoms with Crippen molar-refractivity contribution < 1.29 is 102 Å². The van der Waals surface area contributed by atoms with Crippen LogP contribution in [0, 0.1) is 0 Å². The fourth-order valence-corrected chi connectivity index (χ4v) is 12.5. The van der Waals surface area contributed by atoms with E-state index in [1.165, 1.54) is 83.4 Å². The molecule has 0 spiro atoms. The van der Waals surface area contributed by atoms with Crippen LogP contribution in [0.15, 0.2) is 127 Å². The van der Waals surface area contributed by atoms with Crippen molar-refractivity contribution in [2.24, 2.45) is 28.2 Å². The first-order chi connectivity index (χ1) is 38.6. The van der Waals surface area contributed by atoms with Crippen LogP contribution in [0.25, 0.3) is 21.5 Å². The van der Waals surface area contributed by atoms with Gasteiger partial charge in [-0.3, -0.25) is 57.1 Å². The third kappa shape index (κ3) is 12.7. The maximum absolute atomic E-state index is 13.6. The third-order valence-electron chi connectivity index (χ3n) is 12.3. The van der Waals surface area contributed by atoms with E-state index in [0.29, 0.717) is 36.4 Å². The molecule has 0 aliphatic rings. The Bertz CT molecular complexity index is 4640. The Morgan fingerprint density at radius 1 is 0.333 bits per heavy atom. The van der Waals surface area contributed by atoms with Gasteiger partial charge < -0.3 is 39.5 Å². The summed E-state index contributed by atoms with van der Waals surface area (Å²) in [4.78, 5) is 60.3. The van der Waals surface area contributed by atoms with Gasteiger partial charge >= 0.3 is 6.03 Å². The number of nitrogens with zero attached hydrogens (tertiary/aromatic N) is 4. The van der Waals surface area contributed by atoms with Crippen molar-refractivity contribution >= 4 is 147 Å². The van der Waals surface area contributed by atoms with Gasteiger partial charge in [0.25, 0.3) is 84.3 Å². The van der Waals surface area contributed by atoms with Gasteiger partial charge in [-0.15, -0.1) is 0 Å². The molecule has 0 aliphatic carbocycles. The molecule has 8 aromatic rings. The van der Waals surface area contributed by atoms with Crippen LogP contribution in [-0.2, 0) is 88.9 Å². The quantitative estimate of drug-likeness (QED) is 0.0616. The van der Waals surface area contributed by atoms with Gasteiger partial charge in [-0.25, -0.2) is 4.79 Å². The largest absolute Gasteiger partial charge is 0.337 e. The van der Waals surface area contributed by atoms with Gasteiger partial charge in [0.15, 0.2) is 0 Å². The number of nitrogens with one attached hydrogen (secondary N) is 6. The first kappa shape index (κ1) is 61.2. The number of hydrogen-bond donors (Lipinski definition) is 12. The van der Waals surface area contributed by atoms with Gasteiger partial charge in [-0.2, -0.15) is 50.5 Å². The number of hydrogen-bond acceptors (Lipinski definition) is 17. The molecule has 0 saturated carbocycles.